The van der Waals surface area contributed by atoms with Gasteiger partial charge in [0.15, 0.2) is 9.84 Å². The second-order valence-electron chi connectivity index (χ2n) is 4.14. The van der Waals surface area contributed by atoms with Gasteiger partial charge in [0, 0.05) is 24.9 Å². The van der Waals surface area contributed by atoms with E-state index in [0.29, 0.717) is 19.1 Å². The molecule has 1 unspecified atom stereocenters. The third-order valence-corrected chi connectivity index (χ3v) is 4.53. The number of carbonyl (C=O) groups excluding carboxylic acids is 1. The van der Waals surface area contributed by atoms with Crippen molar-refractivity contribution in [2.45, 2.75) is 25.8 Å². The molecule has 5 nitrogen and oxygen atoms in total. The molecule has 0 saturated carbocycles. The van der Waals surface area contributed by atoms with Gasteiger partial charge in [0.1, 0.15) is 5.75 Å². The van der Waals surface area contributed by atoms with Gasteiger partial charge in [-0.3, -0.25) is 4.79 Å². The molecule has 1 rings (SSSR count). The minimum Gasteiger partial charge on any atom is -0.340 e. The minimum absolute atomic E-state index is 0.0298. The Morgan fingerprint density at radius 2 is 2.19 bits per heavy atom. The Hall–Kier alpha value is -0.620. The maximum Gasteiger partial charge on any atom is 0.237 e. The van der Waals surface area contributed by atoms with Crippen LogP contribution >= 0.6 is 0 Å². The Balaban J connectivity index is 2.54. The summed E-state index contributed by atoms with van der Waals surface area (Å²) < 4.78 is 22.7. The third-order valence-electron chi connectivity index (χ3n) is 2.97. The highest BCUT2D eigenvalue weighted by Crippen LogP contribution is 2.10. The molecule has 0 aliphatic carbocycles. The van der Waals surface area contributed by atoms with E-state index in [-0.39, 0.29) is 17.4 Å². The molecule has 0 radical (unpaired) electrons. The molecule has 6 heteroatoms. The van der Waals surface area contributed by atoms with E-state index in [0.717, 1.165) is 12.8 Å². The zero-order valence-electron chi connectivity index (χ0n) is 9.90. The lowest BCUT2D eigenvalue weighted by atomic mass is 10.1. The molecular formula is C10H20N2O3S. The van der Waals surface area contributed by atoms with E-state index >= 15 is 0 Å². The van der Waals surface area contributed by atoms with Gasteiger partial charge < -0.3 is 10.2 Å². The van der Waals surface area contributed by atoms with Crippen molar-refractivity contribution in [2.75, 3.05) is 31.6 Å². The van der Waals surface area contributed by atoms with E-state index in [9.17, 15) is 13.2 Å². The average Bonchev–Trinajstić information content (AvgIpc) is 2.28. The molecule has 1 heterocycles. The summed E-state index contributed by atoms with van der Waals surface area (Å²) in [5.74, 6) is -0.580. The first kappa shape index (κ1) is 13.4. The lowest BCUT2D eigenvalue weighted by Crippen LogP contribution is -2.48. The average molecular weight is 248 g/mol. The topological polar surface area (TPSA) is 66.5 Å². The Morgan fingerprint density at radius 3 is 2.75 bits per heavy atom. The number of carbonyl (C=O) groups is 1. The number of sulfone groups is 1. The number of nitrogens with one attached hydrogen (secondary N) is 1. The van der Waals surface area contributed by atoms with Crippen LogP contribution in [0.25, 0.3) is 0 Å². The molecule has 1 fully saturated rings. The van der Waals surface area contributed by atoms with Gasteiger partial charge in [0.2, 0.25) is 5.91 Å². The quantitative estimate of drug-likeness (QED) is 0.737. The van der Waals surface area contributed by atoms with Gasteiger partial charge in [0.25, 0.3) is 0 Å². The first-order valence-corrected chi connectivity index (χ1v) is 7.46. The van der Waals surface area contributed by atoms with E-state index in [1.54, 1.807) is 11.8 Å². The fourth-order valence-corrected chi connectivity index (χ4v) is 2.58. The van der Waals surface area contributed by atoms with E-state index < -0.39 is 9.84 Å². The Bertz CT molecular complexity index is 340. The van der Waals surface area contributed by atoms with Gasteiger partial charge in [-0.25, -0.2) is 8.42 Å². The van der Waals surface area contributed by atoms with Crippen molar-refractivity contribution in [1.29, 1.82) is 0 Å². The first-order chi connectivity index (χ1) is 7.48. The molecule has 16 heavy (non-hydrogen) atoms. The number of hydrogen-bond acceptors (Lipinski definition) is 4. The molecule has 1 N–H and O–H groups in total. The van der Waals surface area contributed by atoms with Crippen LogP contribution in [0, 0.1) is 0 Å². The highest BCUT2D eigenvalue weighted by Gasteiger charge is 2.25. The van der Waals surface area contributed by atoms with Crippen molar-refractivity contribution in [3.63, 3.8) is 0 Å². The number of rotatable bonds is 4. The van der Waals surface area contributed by atoms with Crippen LogP contribution in [0.4, 0.5) is 0 Å². The van der Waals surface area contributed by atoms with Crippen LogP contribution in [-0.2, 0) is 14.6 Å². The van der Waals surface area contributed by atoms with Crippen LogP contribution in [0.1, 0.15) is 19.8 Å². The molecule has 0 aromatic rings. The van der Waals surface area contributed by atoms with E-state index in [4.69, 9.17) is 0 Å². The summed E-state index contributed by atoms with van der Waals surface area (Å²) in [7, 11) is -1.34. The Labute approximate surface area is 97.1 Å². The molecule has 0 bridgehead atoms. The van der Waals surface area contributed by atoms with Crippen molar-refractivity contribution >= 4 is 15.7 Å². The molecule has 94 valence electrons. The SMILES string of the molecule is CCS(=O)(=O)CC(=O)N1CCCC(NC)C1. The van der Waals surface area contributed by atoms with Gasteiger partial charge in [0.05, 0.1) is 0 Å². The number of hydrogen-bond donors (Lipinski definition) is 1. The number of amides is 1. The molecule has 0 spiro atoms. The zero-order chi connectivity index (χ0) is 12.2. The normalized spacial score (nSPS) is 22.1. The Kier molecular flexibility index (Phi) is 4.73. The van der Waals surface area contributed by atoms with Crippen LogP contribution in [0.15, 0.2) is 0 Å². The molecule has 0 aromatic carbocycles. The molecule has 1 atom stereocenters. The standard InChI is InChI=1S/C10H20N2O3S/c1-3-16(14,15)8-10(13)12-6-4-5-9(7-12)11-2/h9,11H,3-8H2,1-2H3. The van der Waals surface area contributed by atoms with E-state index in [2.05, 4.69) is 5.32 Å². The monoisotopic (exact) mass is 248 g/mol. The minimum atomic E-state index is -3.20. The summed E-state index contributed by atoms with van der Waals surface area (Å²) in [4.78, 5) is 13.4. The lowest BCUT2D eigenvalue weighted by molar-refractivity contribution is -0.129. The fraction of sp³-hybridized carbons (Fsp3) is 0.900. The summed E-state index contributed by atoms with van der Waals surface area (Å²) >= 11 is 0. The smallest absolute Gasteiger partial charge is 0.237 e. The van der Waals surface area contributed by atoms with Crippen LogP contribution in [-0.4, -0.2) is 56.9 Å². The number of likely N-dealkylation sites (tertiary alicyclic amines) is 1. The molecule has 0 aromatic heterocycles. The van der Waals surface area contributed by atoms with Gasteiger partial charge in [-0.2, -0.15) is 0 Å². The largest absolute Gasteiger partial charge is 0.340 e. The Morgan fingerprint density at radius 1 is 1.50 bits per heavy atom. The lowest BCUT2D eigenvalue weighted by Gasteiger charge is -2.32. The molecule has 1 amide bonds. The van der Waals surface area contributed by atoms with Crippen molar-refractivity contribution in [3.8, 4) is 0 Å². The molecule has 1 saturated heterocycles. The molecular weight excluding hydrogens is 228 g/mol. The summed E-state index contributed by atoms with van der Waals surface area (Å²) in [6.45, 7) is 2.86. The van der Waals surface area contributed by atoms with Gasteiger partial charge in [-0.15, -0.1) is 0 Å². The van der Waals surface area contributed by atoms with Crippen molar-refractivity contribution in [2.24, 2.45) is 0 Å². The summed E-state index contributed by atoms with van der Waals surface area (Å²) in [6, 6.07) is 0.294. The van der Waals surface area contributed by atoms with Crippen molar-refractivity contribution in [1.82, 2.24) is 10.2 Å². The third kappa shape index (κ3) is 3.75. The van der Waals surface area contributed by atoms with Crippen LogP contribution in [0.2, 0.25) is 0 Å². The van der Waals surface area contributed by atoms with Crippen LogP contribution in [0.5, 0.6) is 0 Å². The van der Waals surface area contributed by atoms with Crippen LogP contribution in [0.3, 0.4) is 0 Å². The fourth-order valence-electron chi connectivity index (χ4n) is 1.82. The van der Waals surface area contributed by atoms with Crippen molar-refractivity contribution in [3.05, 3.63) is 0 Å². The number of piperidine rings is 1. The van der Waals surface area contributed by atoms with E-state index in [1.807, 2.05) is 7.05 Å². The zero-order valence-corrected chi connectivity index (χ0v) is 10.7. The van der Waals surface area contributed by atoms with Gasteiger partial charge in [-0.1, -0.05) is 6.92 Å². The van der Waals surface area contributed by atoms with Crippen LogP contribution < -0.4 is 5.32 Å². The highest BCUT2D eigenvalue weighted by atomic mass is 32.2. The highest BCUT2D eigenvalue weighted by molar-refractivity contribution is 7.92. The van der Waals surface area contributed by atoms with E-state index in [1.165, 1.54) is 0 Å². The second kappa shape index (κ2) is 5.63. The number of likely N-dealkylation sites (N-methyl/N-ethyl adjacent to an activating group) is 1. The van der Waals surface area contributed by atoms with Gasteiger partial charge >= 0.3 is 0 Å². The maximum absolute atomic E-state index is 11.8. The summed E-state index contributed by atoms with van der Waals surface area (Å²) in [5.41, 5.74) is 0. The predicted octanol–water partition coefficient (Wildman–Crippen LogP) is -0.368. The summed E-state index contributed by atoms with van der Waals surface area (Å²) in [6.07, 6.45) is 1.98. The van der Waals surface area contributed by atoms with Crippen molar-refractivity contribution < 1.29 is 13.2 Å². The second-order valence-corrected chi connectivity index (χ2v) is 6.50. The maximum atomic E-state index is 11.8. The first-order valence-electron chi connectivity index (χ1n) is 5.64. The summed E-state index contributed by atoms with van der Waals surface area (Å²) in [5, 5.41) is 3.12. The number of nitrogens with zero attached hydrogens (tertiary/aromatic N) is 1. The predicted molar refractivity (Wildman–Crippen MR) is 63.0 cm³/mol. The molecule has 1 aliphatic heterocycles. The molecule has 1 aliphatic rings. The van der Waals surface area contributed by atoms with Gasteiger partial charge in [-0.05, 0) is 19.9 Å².